The van der Waals surface area contributed by atoms with Gasteiger partial charge in [-0.1, -0.05) is 0 Å². The molecule has 1 unspecified atom stereocenters. The molecule has 11 heteroatoms. The zero-order chi connectivity index (χ0) is 20.2. The monoisotopic (exact) mass is 528 g/mol. The molecular formula is C16H32F3IN4O2S. The molecule has 1 heterocycles. The van der Waals surface area contributed by atoms with Gasteiger partial charge in [-0.25, -0.2) is 8.42 Å². The predicted molar refractivity (Wildman–Crippen MR) is 114 cm³/mol. The number of alkyl halides is 3. The first-order valence-electron chi connectivity index (χ1n) is 8.86. The van der Waals surface area contributed by atoms with E-state index in [1.54, 1.807) is 20.8 Å². The van der Waals surface area contributed by atoms with Gasteiger partial charge in [0, 0.05) is 32.7 Å². The quantitative estimate of drug-likeness (QED) is 0.337. The van der Waals surface area contributed by atoms with Crippen LogP contribution >= 0.6 is 24.0 Å². The van der Waals surface area contributed by atoms with Crippen LogP contribution in [0, 0.1) is 0 Å². The zero-order valence-electron chi connectivity index (χ0n) is 16.6. The maximum Gasteiger partial charge on any atom is 0.403 e. The Labute approximate surface area is 177 Å². The van der Waals surface area contributed by atoms with Crippen LogP contribution in [-0.4, -0.2) is 86.2 Å². The van der Waals surface area contributed by atoms with Crippen molar-refractivity contribution in [1.82, 2.24) is 15.1 Å². The number of piperazine rings is 1. The van der Waals surface area contributed by atoms with E-state index in [4.69, 9.17) is 0 Å². The molecule has 1 N–H and O–H groups in total. The van der Waals surface area contributed by atoms with Crippen LogP contribution in [-0.2, 0) is 9.84 Å². The van der Waals surface area contributed by atoms with Crippen molar-refractivity contribution in [3.63, 3.8) is 0 Å². The van der Waals surface area contributed by atoms with Crippen LogP contribution < -0.4 is 5.32 Å². The van der Waals surface area contributed by atoms with Crippen molar-refractivity contribution in [1.29, 1.82) is 0 Å². The molecule has 1 saturated heterocycles. The van der Waals surface area contributed by atoms with E-state index in [-0.39, 0.29) is 49.4 Å². The maximum atomic E-state index is 12.8. The molecule has 1 fully saturated rings. The molecule has 1 aliphatic heterocycles. The van der Waals surface area contributed by atoms with Gasteiger partial charge in [0.2, 0.25) is 0 Å². The van der Waals surface area contributed by atoms with E-state index in [0.717, 1.165) is 0 Å². The summed E-state index contributed by atoms with van der Waals surface area (Å²) in [5, 5.41) is 3.09. The third-order valence-corrected chi connectivity index (χ3v) is 7.11. The molecule has 0 radical (unpaired) electrons. The van der Waals surface area contributed by atoms with Gasteiger partial charge < -0.3 is 10.2 Å². The van der Waals surface area contributed by atoms with Crippen LogP contribution in [0.2, 0.25) is 0 Å². The summed E-state index contributed by atoms with van der Waals surface area (Å²) in [4.78, 5) is 7.65. The van der Waals surface area contributed by atoms with Crippen LogP contribution in [0.1, 0.15) is 34.6 Å². The summed E-state index contributed by atoms with van der Waals surface area (Å²) < 4.78 is 62.0. The van der Waals surface area contributed by atoms with E-state index in [2.05, 4.69) is 10.3 Å². The average molecular weight is 528 g/mol. The van der Waals surface area contributed by atoms with Crippen molar-refractivity contribution in [2.75, 3.05) is 45.0 Å². The minimum atomic E-state index is -4.23. The number of sulfone groups is 1. The average Bonchev–Trinajstić information content (AvgIpc) is 2.51. The Morgan fingerprint density at radius 1 is 1.15 bits per heavy atom. The topological polar surface area (TPSA) is 65.0 Å². The summed E-state index contributed by atoms with van der Waals surface area (Å²) in [6.07, 6.45) is -4.23. The van der Waals surface area contributed by atoms with Crippen LogP contribution in [0.4, 0.5) is 13.2 Å². The lowest BCUT2D eigenvalue weighted by molar-refractivity contribution is -0.181. The number of hydrogen-bond donors (Lipinski definition) is 1. The smallest absolute Gasteiger partial charge is 0.357 e. The summed E-state index contributed by atoms with van der Waals surface area (Å²) in [6.45, 7) is 10.1. The van der Waals surface area contributed by atoms with Crippen molar-refractivity contribution < 1.29 is 21.6 Å². The SMILES string of the molecule is CCNC(=NCCS(=O)(=O)C(C)(C)C)N1CCN(C(C)C(F)(F)F)CC1.I. The largest absolute Gasteiger partial charge is 0.403 e. The second-order valence-electron chi connectivity index (χ2n) is 7.41. The summed E-state index contributed by atoms with van der Waals surface area (Å²) in [5.41, 5.74) is 0. The molecule has 1 atom stereocenters. The number of nitrogens with one attached hydrogen (secondary N) is 1. The van der Waals surface area contributed by atoms with Crippen LogP contribution in [0.5, 0.6) is 0 Å². The van der Waals surface area contributed by atoms with Crippen molar-refractivity contribution >= 4 is 39.8 Å². The third kappa shape index (κ3) is 7.92. The Morgan fingerprint density at radius 3 is 2.07 bits per heavy atom. The lowest BCUT2D eigenvalue weighted by Gasteiger charge is -2.39. The summed E-state index contributed by atoms with van der Waals surface area (Å²) in [6, 6.07) is -1.47. The van der Waals surface area contributed by atoms with E-state index < -0.39 is 26.8 Å². The van der Waals surface area contributed by atoms with E-state index >= 15 is 0 Å². The van der Waals surface area contributed by atoms with Gasteiger partial charge in [-0.05, 0) is 34.6 Å². The molecule has 27 heavy (non-hydrogen) atoms. The normalized spacial score (nSPS) is 18.8. The Bertz CT molecular complexity index is 583. The number of nitrogens with zero attached hydrogens (tertiary/aromatic N) is 3. The van der Waals surface area contributed by atoms with Gasteiger partial charge in [-0.15, -0.1) is 24.0 Å². The van der Waals surface area contributed by atoms with Gasteiger partial charge in [-0.2, -0.15) is 13.2 Å². The minimum Gasteiger partial charge on any atom is -0.357 e. The van der Waals surface area contributed by atoms with E-state index in [1.807, 2.05) is 11.8 Å². The van der Waals surface area contributed by atoms with Crippen LogP contribution in [0.15, 0.2) is 4.99 Å². The first kappa shape index (κ1) is 26.7. The number of guanidine groups is 1. The number of halogens is 4. The van der Waals surface area contributed by atoms with Crippen LogP contribution in [0.3, 0.4) is 0 Å². The van der Waals surface area contributed by atoms with Crippen molar-refractivity contribution in [2.24, 2.45) is 4.99 Å². The number of rotatable bonds is 5. The molecule has 1 aliphatic rings. The number of hydrogen-bond acceptors (Lipinski definition) is 4. The first-order chi connectivity index (χ1) is 11.8. The fraction of sp³-hybridized carbons (Fsp3) is 0.938. The molecule has 0 spiro atoms. The molecule has 0 bridgehead atoms. The second kappa shape index (κ2) is 10.5. The highest BCUT2D eigenvalue weighted by Gasteiger charge is 2.41. The lowest BCUT2D eigenvalue weighted by Crippen LogP contribution is -2.56. The third-order valence-electron chi connectivity index (χ3n) is 4.52. The molecule has 0 amide bonds. The second-order valence-corrected chi connectivity index (χ2v) is 10.3. The molecule has 0 aromatic carbocycles. The molecule has 1 rings (SSSR count). The highest BCUT2D eigenvalue weighted by molar-refractivity contribution is 14.0. The molecule has 6 nitrogen and oxygen atoms in total. The van der Waals surface area contributed by atoms with Crippen molar-refractivity contribution in [2.45, 2.75) is 51.6 Å². The molecular weight excluding hydrogens is 496 g/mol. The first-order valence-corrected chi connectivity index (χ1v) is 10.5. The van der Waals surface area contributed by atoms with Crippen molar-refractivity contribution in [3.8, 4) is 0 Å². The Morgan fingerprint density at radius 2 is 1.67 bits per heavy atom. The van der Waals surface area contributed by atoms with E-state index in [1.165, 1.54) is 11.8 Å². The van der Waals surface area contributed by atoms with Crippen LogP contribution in [0.25, 0.3) is 0 Å². The zero-order valence-corrected chi connectivity index (χ0v) is 19.8. The fourth-order valence-electron chi connectivity index (χ4n) is 2.53. The van der Waals surface area contributed by atoms with Gasteiger partial charge in [0.05, 0.1) is 17.0 Å². The number of aliphatic imine (C=N–C) groups is 1. The molecule has 0 aliphatic carbocycles. The summed E-state index contributed by atoms with van der Waals surface area (Å²) >= 11 is 0. The van der Waals surface area contributed by atoms with E-state index in [9.17, 15) is 21.6 Å². The van der Waals surface area contributed by atoms with Gasteiger partial charge in [0.1, 0.15) is 6.04 Å². The van der Waals surface area contributed by atoms with Crippen molar-refractivity contribution in [3.05, 3.63) is 0 Å². The Balaban J connectivity index is 0.00000676. The molecule has 0 aromatic heterocycles. The van der Waals surface area contributed by atoms with E-state index in [0.29, 0.717) is 25.6 Å². The van der Waals surface area contributed by atoms with Gasteiger partial charge >= 0.3 is 6.18 Å². The fourth-order valence-corrected chi connectivity index (χ4v) is 3.48. The summed E-state index contributed by atoms with van der Waals surface area (Å²) in [7, 11) is -3.26. The highest BCUT2D eigenvalue weighted by Crippen LogP contribution is 2.25. The van der Waals surface area contributed by atoms with Gasteiger partial charge in [0.15, 0.2) is 15.8 Å². The lowest BCUT2D eigenvalue weighted by atomic mass is 10.2. The summed E-state index contributed by atoms with van der Waals surface area (Å²) in [5.74, 6) is 0.493. The van der Waals surface area contributed by atoms with Gasteiger partial charge in [0.25, 0.3) is 0 Å². The highest BCUT2D eigenvalue weighted by atomic mass is 127. The van der Waals surface area contributed by atoms with Gasteiger partial charge in [-0.3, -0.25) is 9.89 Å². The standard InChI is InChI=1S/C16H31F3N4O2S.HI/c1-6-20-14(21-7-12-26(24,25)15(3,4)5)23-10-8-22(9-11-23)13(2)16(17,18)19;/h13H,6-12H2,1-5H3,(H,20,21);1H. The molecule has 162 valence electrons. The molecule has 0 aromatic rings. The Hall–Kier alpha value is -0.300. The Kier molecular flexibility index (Phi) is 10.4. The predicted octanol–water partition coefficient (Wildman–Crippen LogP) is 2.35. The molecule has 0 saturated carbocycles. The minimum absolute atomic E-state index is 0. The maximum absolute atomic E-state index is 12.8.